The molecule has 1 N–H and O–H groups in total. The number of hydrogen-bond donors (Lipinski definition) is 1. The fourth-order valence-electron chi connectivity index (χ4n) is 2.72. The van der Waals surface area contributed by atoms with Crippen molar-refractivity contribution >= 4 is 17.5 Å². The first-order valence-corrected chi connectivity index (χ1v) is 8.15. The molecule has 0 saturated carbocycles. The molecule has 2 aromatic rings. The van der Waals surface area contributed by atoms with Crippen LogP contribution in [0.4, 0.5) is 21.8 Å². The van der Waals surface area contributed by atoms with E-state index in [2.05, 4.69) is 51.1 Å². The second kappa shape index (κ2) is 6.59. The molecule has 1 aliphatic heterocycles. The van der Waals surface area contributed by atoms with E-state index < -0.39 is 0 Å². The minimum atomic E-state index is -0.175. The number of nitrogens with one attached hydrogen (secondary N) is 1. The van der Waals surface area contributed by atoms with E-state index in [9.17, 15) is 4.39 Å². The van der Waals surface area contributed by atoms with Gasteiger partial charge in [-0.1, -0.05) is 12.1 Å². The van der Waals surface area contributed by atoms with Crippen LogP contribution >= 0.6 is 0 Å². The summed E-state index contributed by atoms with van der Waals surface area (Å²) in [5.74, 6) is 1.15. The Kier molecular flexibility index (Phi) is 4.51. The lowest BCUT2D eigenvalue weighted by atomic mass is 10.1. The Hall–Kier alpha value is -2.44. The molecule has 7 heteroatoms. The van der Waals surface area contributed by atoms with Crippen LogP contribution in [0, 0.1) is 5.82 Å². The maximum Gasteiger partial charge on any atom is 0.245 e. The summed E-state index contributed by atoms with van der Waals surface area (Å²) < 4.78 is 13.9. The summed E-state index contributed by atoms with van der Waals surface area (Å²) in [4.78, 5) is 8.76. The maximum atomic E-state index is 13.9. The van der Waals surface area contributed by atoms with E-state index in [1.807, 2.05) is 12.1 Å². The lowest BCUT2D eigenvalue weighted by Crippen LogP contribution is -2.47. The molecule has 0 amide bonds. The van der Waals surface area contributed by atoms with Crippen molar-refractivity contribution in [2.45, 2.75) is 26.3 Å². The van der Waals surface area contributed by atoms with Gasteiger partial charge in [-0.15, -0.1) is 5.10 Å². The van der Waals surface area contributed by atoms with Gasteiger partial charge >= 0.3 is 0 Å². The van der Waals surface area contributed by atoms with Crippen LogP contribution < -0.4 is 15.1 Å². The number of hydrogen-bond acceptors (Lipinski definition) is 6. The third-order valence-electron chi connectivity index (χ3n) is 3.83. The zero-order valence-electron chi connectivity index (χ0n) is 14.3. The SMILES string of the molecule is CC(C)(C)Nc1nncc(N2CCN(c3ccccc3F)CC2)n1. The smallest absolute Gasteiger partial charge is 0.245 e. The summed E-state index contributed by atoms with van der Waals surface area (Å²) in [6.45, 7) is 9.17. The molecule has 1 fully saturated rings. The van der Waals surface area contributed by atoms with Gasteiger partial charge in [-0.25, -0.2) is 4.39 Å². The van der Waals surface area contributed by atoms with Crippen LogP contribution in [0.2, 0.25) is 0 Å². The maximum absolute atomic E-state index is 13.9. The molecule has 0 radical (unpaired) electrons. The van der Waals surface area contributed by atoms with Crippen molar-refractivity contribution in [3.8, 4) is 0 Å². The fourth-order valence-corrected chi connectivity index (χ4v) is 2.72. The first-order chi connectivity index (χ1) is 11.4. The standard InChI is InChI=1S/C17H23FN6/c1-17(2,3)21-16-20-15(12-19-22-16)24-10-8-23(9-11-24)14-7-5-4-6-13(14)18/h4-7,12H,8-11H2,1-3H3,(H,20,21,22). The molecule has 1 saturated heterocycles. The fraction of sp³-hybridized carbons (Fsp3) is 0.471. The molecule has 1 aliphatic rings. The molecule has 128 valence electrons. The molecule has 0 bridgehead atoms. The highest BCUT2D eigenvalue weighted by atomic mass is 19.1. The van der Waals surface area contributed by atoms with Gasteiger partial charge in [0.1, 0.15) is 5.82 Å². The Morgan fingerprint density at radius 1 is 1.04 bits per heavy atom. The second-order valence-corrected chi connectivity index (χ2v) is 6.94. The summed E-state index contributed by atoms with van der Waals surface area (Å²) in [6, 6.07) is 6.90. The average molecular weight is 330 g/mol. The molecular formula is C17H23FN6. The zero-order valence-corrected chi connectivity index (χ0v) is 14.3. The molecule has 0 aliphatic carbocycles. The van der Waals surface area contributed by atoms with Crippen LogP contribution in [0.3, 0.4) is 0 Å². The third kappa shape index (κ3) is 3.90. The van der Waals surface area contributed by atoms with E-state index in [0.29, 0.717) is 11.6 Å². The van der Waals surface area contributed by atoms with Gasteiger partial charge in [-0.2, -0.15) is 10.1 Å². The molecule has 24 heavy (non-hydrogen) atoms. The summed E-state index contributed by atoms with van der Waals surface area (Å²) >= 11 is 0. The number of nitrogens with zero attached hydrogens (tertiary/aromatic N) is 5. The number of anilines is 3. The van der Waals surface area contributed by atoms with Gasteiger partial charge in [0, 0.05) is 31.7 Å². The van der Waals surface area contributed by atoms with E-state index in [0.717, 1.165) is 32.0 Å². The Bertz CT molecular complexity index is 691. The number of para-hydroxylation sites is 1. The van der Waals surface area contributed by atoms with E-state index in [-0.39, 0.29) is 11.4 Å². The van der Waals surface area contributed by atoms with Crippen molar-refractivity contribution in [3.05, 3.63) is 36.3 Å². The van der Waals surface area contributed by atoms with Crippen LogP contribution in [0.1, 0.15) is 20.8 Å². The number of halogens is 1. The van der Waals surface area contributed by atoms with Crippen LogP contribution in [-0.4, -0.2) is 46.9 Å². The van der Waals surface area contributed by atoms with Gasteiger partial charge in [0.2, 0.25) is 5.95 Å². The average Bonchev–Trinajstić information content (AvgIpc) is 2.54. The van der Waals surface area contributed by atoms with E-state index in [4.69, 9.17) is 0 Å². The number of benzene rings is 1. The predicted octanol–water partition coefficient (Wildman–Crippen LogP) is 2.55. The van der Waals surface area contributed by atoms with Gasteiger partial charge in [0.15, 0.2) is 5.82 Å². The molecule has 0 spiro atoms. The summed E-state index contributed by atoms with van der Waals surface area (Å²) in [5.41, 5.74) is 0.539. The molecule has 3 rings (SSSR count). The van der Waals surface area contributed by atoms with Crippen molar-refractivity contribution in [2.24, 2.45) is 0 Å². The minimum absolute atomic E-state index is 0.121. The molecule has 1 aromatic carbocycles. The van der Waals surface area contributed by atoms with Crippen LogP contribution in [0.15, 0.2) is 30.5 Å². The van der Waals surface area contributed by atoms with Gasteiger partial charge in [0.25, 0.3) is 0 Å². The lowest BCUT2D eigenvalue weighted by molar-refractivity contribution is 0.594. The minimum Gasteiger partial charge on any atom is -0.366 e. The lowest BCUT2D eigenvalue weighted by Gasteiger charge is -2.36. The van der Waals surface area contributed by atoms with Crippen molar-refractivity contribution in [2.75, 3.05) is 41.3 Å². The first-order valence-electron chi connectivity index (χ1n) is 8.15. The number of rotatable bonds is 3. The summed E-state index contributed by atoms with van der Waals surface area (Å²) in [6.07, 6.45) is 1.67. The van der Waals surface area contributed by atoms with Gasteiger partial charge in [-0.3, -0.25) is 0 Å². The van der Waals surface area contributed by atoms with Crippen LogP contribution in [0.25, 0.3) is 0 Å². The Morgan fingerprint density at radius 2 is 1.71 bits per heavy atom. The molecule has 0 atom stereocenters. The van der Waals surface area contributed by atoms with Gasteiger partial charge in [-0.05, 0) is 32.9 Å². The van der Waals surface area contributed by atoms with E-state index >= 15 is 0 Å². The van der Waals surface area contributed by atoms with Gasteiger partial charge in [0.05, 0.1) is 11.9 Å². The van der Waals surface area contributed by atoms with Crippen molar-refractivity contribution in [1.29, 1.82) is 0 Å². The number of aromatic nitrogens is 3. The van der Waals surface area contributed by atoms with Crippen molar-refractivity contribution < 1.29 is 4.39 Å². The highest BCUT2D eigenvalue weighted by molar-refractivity contribution is 5.50. The third-order valence-corrected chi connectivity index (χ3v) is 3.83. The van der Waals surface area contributed by atoms with Crippen LogP contribution in [0.5, 0.6) is 0 Å². The molecule has 6 nitrogen and oxygen atoms in total. The Morgan fingerprint density at radius 3 is 2.38 bits per heavy atom. The van der Waals surface area contributed by atoms with Crippen molar-refractivity contribution in [3.63, 3.8) is 0 Å². The topological polar surface area (TPSA) is 57.2 Å². The molecule has 0 unspecified atom stereocenters. The quantitative estimate of drug-likeness (QED) is 0.933. The van der Waals surface area contributed by atoms with Crippen molar-refractivity contribution in [1.82, 2.24) is 15.2 Å². The second-order valence-electron chi connectivity index (χ2n) is 6.94. The van der Waals surface area contributed by atoms with E-state index in [1.165, 1.54) is 6.07 Å². The zero-order chi connectivity index (χ0) is 17.2. The van der Waals surface area contributed by atoms with Gasteiger partial charge < -0.3 is 15.1 Å². The Balaban J connectivity index is 1.67. The highest BCUT2D eigenvalue weighted by Gasteiger charge is 2.21. The number of piperazine rings is 1. The largest absolute Gasteiger partial charge is 0.366 e. The molecule has 2 heterocycles. The molecule has 1 aromatic heterocycles. The van der Waals surface area contributed by atoms with E-state index in [1.54, 1.807) is 12.3 Å². The van der Waals surface area contributed by atoms with Crippen LogP contribution in [-0.2, 0) is 0 Å². The molecular weight excluding hydrogens is 307 g/mol. The monoisotopic (exact) mass is 330 g/mol. The Labute approximate surface area is 141 Å². The highest BCUT2D eigenvalue weighted by Crippen LogP contribution is 2.22. The summed E-state index contributed by atoms with van der Waals surface area (Å²) in [5, 5.41) is 11.3. The predicted molar refractivity (Wildman–Crippen MR) is 94.0 cm³/mol. The normalized spacial score (nSPS) is 15.5. The first kappa shape index (κ1) is 16.4. The summed E-state index contributed by atoms with van der Waals surface area (Å²) in [7, 11) is 0.